The Kier molecular flexibility index (Phi) is 7.65. The van der Waals surface area contributed by atoms with E-state index in [1.807, 2.05) is 56.5 Å². The molecule has 2 aromatic carbocycles. The van der Waals surface area contributed by atoms with Crippen LogP contribution in [0.1, 0.15) is 19.4 Å². The van der Waals surface area contributed by atoms with Crippen LogP contribution in [0.3, 0.4) is 0 Å². The summed E-state index contributed by atoms with van der Waals surface area (Å²) < 4.78 is 12.1. The number of halogens is 1. The average molecular weight is 424 g/mol. The number of ether oxygens (including phenoxy) is 2. The SMILES string of the molecule is CCOc1cc(Br)c(CC(=O)Nc2cccc(SC)c2)cc1OCC. The van der Waals surface area contributed by atoms with Gasteiger partial charge in [-0.05, 0) is 56.0 Å². The van der Waals surface area contributed by atoms with Crippen molar-refractivity contribution in [2.45, 2.75) is 25.2 Å². The van der Waals surface area contributed by atoms with Gasteiger partial charge in [-0.2, -0.15) is 0 Å². The van der Waals surface area contributed by atoms with E-state index in [0.717, 1.165) is 20.6 Å². The van der Waals surface area contributed by atoms with Crippen LogP contribution in [0, 0.1) is 0 Å². The smallest absolute Gasteiger partial charge is 0.228 e. The molecule has 25 heavy (non-hydrogen) atoms. The van der Waals surface area contributed by atoms with Crippen LogP contribution in [0.4, 0.5) is 5.69 Å². The largest absolute Gasteiger partial charge is 0.490 e. The first-order valence-electron chi connectivity index (χ1n) is 8.09. The molecular formula is C19H22BrNO3S. The van der Waals surface area contributed by atoms with Crippen LogP contribution >= 0.6 is 27.7 Å². The van der Waals surface area contributed by atoms with Gasteiger partial charge in [0.15, 0.2) is 11.5 Å². The third-order valence-corrected chi connectivity index (χ3v) is 4.88. The minimum absolute atomic E-state index is 0.0782. The lowest BCUT2D eigenvalue weighted by atomic mass is 10.1. The maximum absolute atomic E-state index is 12.4. The van der Waals surface area contributed by atoms with E-state index >= 15 is 0 Å². The normalized spacial score (nSPS) is 10.4. The quantitative estimate of drug-likeness (QED) is 0.596. The maximum Gasteiger partial charge on any atom is 0.228 e. The highest BCUT2D eigenvalue weighted by molar-refractivity contribution is 9.10. The Labute approximate surface area is 161 Å². The first-order chi connectivity index (χ1) is 12.1. The highest BCUT2D eigenvalue weighted by atomic mass is 79.9. The standard InChI is InChI=1S/C19H22BrNO3S/c1-4-23-17-9-13(16(20)12-18(17)24-5-2)10-19(22)21-14-7-6-8-15(11-14)25-3/h6-9,11-12H,4-5,10H2,1-3H3,(H,21,22). The number of rotatable bonds is 8. The van der Waals surface area contributed by atoms with Crippen molar-refractivity contribution in [2.24, 2.45) is 0 Å². The molecule has 0 saturated carbocycles. The number of hydrogen-bond acceptors (Lipinski definition) is 4. The van der Waals surface area contributed by atoms with Crippen LogP contribution < -0.4 is 14.8 Å². The molecule has 0 spiro atoms. The summed E-state index contributed by atoms with van der Waals surface area (Å²) in [5, 5.41) is 2.94. The molecular weight excluding hydrogens is 402 g/mol. The molecule has 134 valence electrons. The van der Waals surface area contributed by atoms with Crippen molar-refractivity contribution in [3.05, 3.63) is 46.4 Å². The van der Waals surface area contributed by atoms with Gasteiger partial charge in [0.2, 0.25) is 5.91 Å². The van der Waals surface area contributed by atoms with E-state index < -0.39 is 0 Å². The summed E-state index contributed by atoms with van der Waals surface area (Å²) in [6.07, 6.45) is 2.25. The van der Waals surface area contributed by atoms with Gasteiger partial charge >= 0.3 is 0 Å². The second-order valence-corrected chi connectivity index (χ2v) is 6.95. The third-order valence-electron chi connectivity index (χ3n) is 3.42. The average Bonchev–Trinajstić information content (AvgIpc) is 2.59. The van der Waals surface area contributed by atoms with Crippen LogP contribution in [0.2, 0.25) is 0 Å². The van der Waals surface area contributed by atoms with Crippen molar-refractivity contribution in [3.63, 3.8) is 0 Å². The topological polar surface area (TPSA) is 47.6 Å². The van der Waals surface area contributed by atoms with Crippen molar-refractivity contribution in [1.29, 1.82) is 0 Å². The van der Waals surface area contributed by atoms with Gasteiger partial charge in [-0.25, -0.2) is 0 Å². The van der Waals surface area contributed by atoms with Crippen molar-refractivity contribution < 1.29 is 14.3 Å². The van der Waals surface area contributed by atoms with Crippen LogP contribution in [-0.4, -0.2) is 25.4 Å². The first-order valence-corrected chi connectivity index (χ1v) is 10.1. The third kappa shape index (κ3) is 5.68. The Balaban J connectivity index is 2.15. The Hall–Kier alpha value is -1.66. The van der Waals surface area contributed by atoms with Gasteiger partial charge in [0.1, 0.15) is 0 Å². The van der Waals surface area contributed by atoms with E-state index in [0.29, 0.717) is 24.7 Å². The van der Waals surface area contributed by atoms with Crippen molar-refractivity contribution in [2.75, 3.05) is 24.8 Å². The summed E-state index contributed by atoms with van der Waals surface area (Å²) in [6, 6.07) is 11.5. The minimum Gasteiger partial charge on any atom is -0.490 e. The lowest BCUT2D eigenvalue weighted by Gasteiger charge is -2.14. The van der Waals surface area contributed by atoms with E-state index in [2.05, 4.69) is 21.2 Å². The number of amides is 1. The highest BCUT2D eigenvalue weighted by Crippen LogP contribution is 2.34. The van der Waals surface area contributed by atoms with E-state index in [9.17, 15) is 4.79 Å². The second-order valence-electron chi connectivity index (χ2n) is 5.21. The predicted octanol–water partition coefficient (Wildman–Crippen LogP) is 5.15. The number of carbonyl (C=O) groups is 1. The van der Waals surface area contributed by atoms with Crippen LogP contribution in [0.15, 0.2) is 45.8 Å². The molecule has 4 nitrogen and oxygen atoms in total. The molecule has 0 radical (unpaired) electrons. The summed E-state index contributed by atoms with van der Waals surface area (Å²) in [5.74, 6) is 1.25. The molecule has 0 unspecified atom stereocenters. The number of nitrogens with one attached hydrogen (secondary N) is 1. The fourth-order valence-electron chi connectivity index (χ4n) is 2.33. The van der Waals surface area contributed by atoms with Gasteiger partial charge in [-0.1, -0.05) is 22.0 Å². The zero-order valence-corrected chi connectivity index (χ0v) is 17.0. The summed E-state index contributed by atoms with van der Waals surface area (Å²) in [4.78, 5) is 13.5. The van der Waals surface area contributed by atoms with Gasteiger partial charge < -0.3 is 14.8 Å². The summed E-state index contributed by atoms with van der Waals surface area (Å²) >= 11 is 5.16. The van der Waals surface area contributed by atoms with E-state index in [1.54, 1.807) is 11.8 Å². The maximum atomic E-state index is 12.4. The van der Waals surface area contributed by atoms with Gasteiger partial charge in [0.25, 0.3) is 0 Å². The van der Waals surface area contributed by atoms with Crippen LogP contribution in [0.5, 0.6) is 11.5 Å². The molecule has 1 amide bonds. The van der Waals surface area contributed by atoms with Crippen LogP contribution in [-0.2, 0) is 11.2 Å². The Morgan fingerprint density at radius 1 is 1.12 bits per heavy atom. The van der Waals surface area contributed by atoms with E-state index in [4.69, 9.17) is 9.47 Å². The number of hydrogen-bond donors (Lipinski definition) is 1. The van der Waals surface area contributed by atoms with Gasteiger partial charge in [-0.15, -0.1) is 11.8 Å². The minimum atomic E-state index is -0.0782. The Morgan fingerprint density at radius 3 is 2.44 bits per heavy atom. The molecule has 0 aliphatic rings. The molecule has 6 heteroatoms. The zero-order valence-electron chi connectivity index (χ0n) is 14.6. The number of anilines is 1. The van der Waals surface area contributed by atoms with Crippen molar-refractivity contribution in [1.82, 2.24) is 0 Å². The second kappa shape index (κ2) is 9.73. The molecule has 0 atom stereocenters. The van der Waals surface area contributed by atoms with E-state index in [-0.39, 0.29) is 12.3 Å². The lowest BCUT2D eigenvalue weighted by Crippen LogP contribution is -2.15. The van der Waals surface area contributed by atoms with E-state index in [1.165, 1.54) is 0 Å². The Bertz CT molecular complexity index is 737. The van der Waals surface area contributed by atoms with Gasteiger partial charge in [0.05, 0.1) is 19.6 Å². The number of carbonyl (C=O) groups excluding carboxylic acids is 1. The summed E-state index contributed by atoms with van der Waals surface area (Å²) in [5.41, 5.74) is 1.65. The molecule has 1 N–H and O–H groups in total. The lowest BCUT2D eigenvalue weighted by molar-refractivity contribution is -0.115. The summed E-state index contributed by atoms with van der Waals surface area (Å²) in [7, 11) is 0. The monoisotopic (exact) mass is 423 g/mol. The highest BCUT2D eigenvalue weighted by Gasteiger charge is 2.14. The molecule has 0 aliphatic heterocycles. The molecule has 2 rings (SSSR count). The zero-order chi connectivity index (χ0) is 18.2. The van der Waals surface area contributed by atoms with Crippen LogP contribution in [0.25, 0.3) is 0 Å². The number of benzene rings is 2. The predicted molar refractivity (Wildman–Crippen MR) is 107 cm³/mol. The molecule has 0 bridgehead atoms. The van der Waals surface area contributed by atoms with Crippen molar-refractivity contribution >= 4 is 39.3 Å². The fourth-order valence-corrected chi connectivity index (χ4v) is 3.25. The van der Waals surface area contributed by atoms with Gasteiger partial charge in [0, 0.05) is 15.1 Å². The Morgan fingerprint density at radius 2 is 1.80 bits per heavy atom. The summed E-state index contributed by atoms with van der Waals surface area (Å²) in [6.45, 7) is 4.93. The van der Waals surface area contributed by atoms with Crippen molar-refractivity contribution in [3.8, 4) is 11.5 Å². The molecule has 2 aromatic rings. The first kappa shape index (κ1) is 19.7. The van der Waals surface area contributed by atoms with Gasteiger partial charge in [-0.3, -0.25) is 4.79 Å². The molecule has 0 heterocycles. The molecule has 0 aliphatic carbocycles. The molecule has 0 aromatic heterocycles. The molecule has 0 saturated heterocycles. The number of thioether (sulfide) groups is 1. The fraction of sp³-hybridized carbons (Fsp3) is 0.316. The molecule has 0 fully saturated rings.